The van der Waals surface area contributed by atoms with E-state index in [0.29, 0.717) is 11.4 Å². The minimum Gasteiger partial charge on any atom is -0.497 e. The lowest BCUT2D eigenvalue weighted by molar-refractivity contribution is 0.415. The number of hydrogen-bond donors (Lipinski definition) is 0. The number of sulfonamides is 1. The summed E-state index contributed by atoms with van der Waals surface area (Å²) in [6.07, 6.45) is 0. The first-order valence-corrected chi connectivity index (χ1v) is 9.41. The van der Waals surface area contributed by atoms with Gasteiger partial charge in [0.1, 0.15) is 11.6 Å². The Bertz CT molecular complexity index is 973. The first kappa shape index (κ1) is 17.9. The zero-order valence-electron chi connectivity index (χ0n) is 14.2. The molecule has 3 aromatic rings. The van der Waals surface area contributed by atoms with Gasteiger partial charge in [-0.1, -0.05) is 36.4 Å². The lowest BCUT2D eigenvalue weighted by Gasteiger charge is -2.25. The van der Waals surface area contributed by atoms with Gasteiger partial charge in [0.05, 0.1) is 24.2 Å². The van der Waals surface area contributed by atoms with Crippen molar-refractivity contribution in [3.05, 3.63) is 90.2 Å². The van der Waals surface area contributed by atoms with E-state index in [1.54, 1.807) is 31.4 Å². The number of hydrogen-bond acceptors (Lipinski definition) is 3. The third-order valence-corrected chi connectivity index (χ3v) is 5.68. The summed E-state index contributed by atoms with van der Waals surface area (Å²) in [4.78, 5) is -0.0933. The van der Waals surface area contributed by atoms with Crippen molar-refractivity contribution in [1.29, 1.82) is 0 Å². The maximum Gasteiger partial charge on any atom is 0.264 e. The van der Waals surface area contributed by atoms with E-state index in [1.807, 2.05) is 30.3 Å². The van der Waals surface area contributed by atoms with E-state index in [1.165, 1.54) is 22.5 Å². The number of halogens is 1. The Balaban J connectivity index is 2.06. The molecule has 0 saturated heterocycles. The third-order valence-electron chi connectivity index (χ3n) is 3.91. The molecular formula is C20H18FNO3S. The van der Waals surface area contributed by atoms with Crippen LogP contribution in [0.15, 0.2) is 83.8 Å². The van der Waals surface area contributed by atoms with Gasteiger partial charge in [-0.3, -0.25) is 4.31 Å². The van der Waals surface area contributed by atoms with Crippen LogP contribution in [0.1, 0.15) is 5.56 Å². The number of ether oxygens (including phenoxy) is 1. The molecule has 0 aromatic heterocycles. The largest absolute Gasteiger partial charge is 0.497 e. The number of rotatable bonds is 6. The predicted molar refractivity (Wildman–Crippen MR) is 99.2 cm³/mol. The predicted octanol–water partition coefficient (Wildman–Crippen LogP) is 4.23. The van der Waals surface area contributed by atoms with Crippen molar-refractivity contribution < 1.29 is 17.5 Å². The number of nitrogens with zero attached hydrogens (tertiary/aromatic N) is 1. The van der Waals surface area contributed by atoms with E-state index in [2.05, 4.69) is 0 Å². The summed E-state index contributed by atoms with van der Waals surface area (Å²) < 4.78 is 46.3. The fourth-order valence-corrected chi connectivity index (χ4v) is 4.05. The Morgan fingerprint density at radius 2 is 1.62 bits per heavy atom. The lowest BCUT2D eigenvalue weighted by Crippen LogP contribution is -2.30. The van der Waals surface area contributed by atoms with Gasteiger partial charge in [0.25, 0.3) is 10.0 Å². The van der Waals surface area contributed by atoms with Crippen molar-refractivity contribution in [2.75, 3.05) is 11.4 Å². The molecular weight excluding hydrogens is 353 g/mol. The number of methoxy groups -OCH3 is 1. The topological polar surface area (TPSA) is 46.6 Å². The molecule has 0 aliphatic carbocycles. The van der Waals surface area contributed by atoms with Gasteiger partial charge in [0, 0.05) is 0 Å². The summed E-state index contributed by atoms with van der Waals surface area (Å²) >= 11 is 0. The summed E-state index contributed by atoms with van der Waals surface area (Å²) in [5.74, 6) is 0.0250. The number of anilines is 1. The zero-order chi connectivity index (χ0) is 18.6. The molecule has 0 fully saturated rings. The van der Waals surface area contributed by atoms with Gasteiger partial charge in [-0.2, -0.15) is 0 Å². The van der Waals surface area contributed by atoms with Gasteiger partial charge in [-0.15, -0.1) is 0 Å². The molecule has 0 aliphatic rings. The normalized spacial score (nSPS) is 11.2. The van der Waals surface area contributed by atoms with Crippen LogP contribution in [0.3, 0.4) is 0 Å². The lowest BCUT2D eigenvalue weighted by atomic mass is 10.2. The van der Waals surface area contributed by atoms with Crippen molar-refractivity contribution in [3.63, 3.8) is 0 Å². The van der Waals surface area contributed by atoms with E-state index in [4.69, 9.17) is 4.74 Å². The molecule has 0 saturated carbocycles. The average molecular weight is 371 g/mol. The van der Waals surface area contributed by atoms with Gasteiger partial charge < -0.3 is 4.74 Å². The van der Waals surface area contributed by atoms with Crippen LogP contribution < -0.4 is 9.04 Å². The molecule has 3 rings (SSSR count). The van der Waals surface area contributed by atoms with Crippen LogP contribution in [-0.2, 0) is 16.6 Å². The molecule has 0 amide bonds. The Kier molecular flexibility index (Phi) is 5.23. The quantitative estimate of drug-likeness (QED) is 0.651. The summed E-state index contributed by atoms with van der Waals surface area (Å²) in [6, 6.07) is 21.0. The molecule has 0 aliphatic heterocycles. The van der Waals surface area contributed by atoms with Crippen molar-refractivity contribution in [3.8, 4) is 5.75 Å². The van der Waals surface area contributed by atoms with Gasteiger partial charge in [-0.25, -0.2) is 12.8 Å². The Hall–Kier alpha value is -2.86. The first-order chi connectivity index (χ1) is 12.5. The smallest absolute Gasteiger partial charge is 0.264 e. The van der Waals surface area contributed by atoms with Crippen LogP contribution in [0, 0.1) is 5.82 Å². The maximum absolute atomic E-state index is 13.6. The molecule has 0 radical (unpaired) electrons. The Morgan fingerprint density at radius 1 is 0.923 bits per heavy atom. The molecule has 0 bridgehead atoms. The second kappa shape index (κ2) is 7.58. The Morgan fingerprint density at radius 3 is 2.23 bits per heavy atom. The van der Waals surface area contributed by atoms with E-state index in [-0.39, 0.29) is 11.4 Å². The summed E-state index contributed by atoms with van der Waals surface area (Å²) in [7, 11) is -2.40. The molecule has 26 heavy (non-hydrogen) atoms. The summed E-state index contributed by atoms with van der Waals surface area (Å²) in [5, 5.41) is 0. The third kappa shape index (κ3) is 3.86. The highest BCUT2D eigenvalue weighted by atomic mass is 32.2. The van der Waals surface area contributed by atoms with Crippen LogP contribution in [0.5, 0.6) is 5.75 Å². The second-order valence-corrected chi connectivity index (χ2v) is 7.51. The van der Waals surface area contributed by atoms with Gasteiger partial charge in [0.15, 0.2) is 0 Å². The molecule has 6 heteroatoms. The molecule has 0 spiro atoms. The van der Waals surface area contributed by atoms with Crippen molar-refractivity contribution in [2.24, 2.45) is 0 Å². The van der Waals surface area contributed by atoms with Gasteiger partial charge in [0.2, 0.25) is 0 Å². The fraction of sp³-hybridized carbons (Fsp3) is 0.100. The molecule has 3 aromatic carbocycles. The van der Waals surface area contributed by atoms with Crippen LogP contribution >= 0.6 is 0 Å². The fourth-order valence-electron chi connectivity index (χ4n) is 2.57. The first-order valence-electron chi connectivity index (χ1n) is 7.97. The zero-order valence-corrected chi connectivity index (χ0v) is 15.0. The van der Waals surface area contributed by atoms with Crippen LogP contribution in [0.2, 0.25) is 0 Å². The van der Waals surface area contributed by atoms with Crippen LogP contribution in [-0.4, -0.2) is 15.5 Å². The van der Waals surface area contributed by atoms with Crippen LogP contribution in [0.25, 0.3) is 0 Å². The number of benzene rings is 3. The monoisotopic (exact) mass is 371 g/mol. The summed E-state index contributed by atoms with van der Waals surface area (Å²) in [6.45, 7) is 0.131. The average Bonchev–Trinajstić information content (AvgIpc) is 2.67. The van der Waals surface area contributed by atoms with E-state index < -0.39 is 15.8 Å². The van der Waals surface area contributed by atoms with E-state index >= 15 is 0 Å². The highest BCUT2D eigenvalue weighted by molar-refractivity contribution is 7.92. The molecule has 134 valence electrons. The second-order valence-electron chi connectivity index (χ2n) is 5.65. The minimum atomic E-state index is -3.94. The van der Waals surface area contributed by atoms with Crippen LogP contribution in [0.4, 0.5) is 10.1 Å². The van der Waals surface area contributed by atoms with E-state index in [0.717, 1.165) is 11.6 Å². The van der Waals surface area contributed by atoms with Crippen molar-refractivity contribution >= 4 is 15.7 Å². The minimum absolute atomic E-state index is 0.0933. The summed E-state index contributed by atoms with van der Waals surface area (Å²) in [5.41, 5.74) is 1.29. The standard InChI is InChI=1S/C20H18FNO3S/c1-25-19-12-10-18(11-13-19)22(15-16-6-3-2-4-7-16)26(23,24)20-9-5-8-17(21)14-20/h2-14H,15H2,1H3. The maximum atomic E-state index is 13.6. The molecule has 0 unspecified atom stereocenters. The SMILES string of the molecule is COc1ccc(N(Cc2ccccc2)S(=O)(=O)c2cccc(F)c2)cc1. The highest BCUT2D eigenvalue weighted by Crippen LogP contribution is 2.28. The molecule has 0 N–H and O–H groups in total. The molecule has 0 heterocycles. The van der Waals surface area contributed by atoms with Crippen molar-refractivity contribution in [2.45, 2.75) is 11.4 Å². The van der Waals surface area contributed by atoms with E-state index in [9.17, 15) is 12.8 Å². The van der Waals surface area contributed by atoms with Gasteiger partial charge >= 0.3 is 0 Å². The van der Waals surface area contributed by atoms with Crippen molar-refractivity contribution in [1.82, 2.24) is 0 Å². The Labute approximate surface area is 152 Å². The molecule has 4 nitrogen and oxygen atoms in total. The highest BCUT2D eigenvalue weighted by Gasteiger charge is 2.25. The molecule has 0 atom stereocenters. The van der Waals surface area contributed by atoms with Gasteiger partial charge in [-0.05, 0) is 48.0 Å².